The highest BCUT2D eigenvalue weighted by molar-refractivity contribution is 9.10. The first-order valence-corrected chi connectivity index (χ1v) is 5.37. The molecule has 0 spiro atoms. The van der Waals surface area contributed by atoms with Gasteiger partial charge in [0.25, 0.3) is 0 Å². The van der Waals surface area contributed by atoms with Gasteiger partial charge in [0.2, 0.25) is 0 Å². The Morgan fingerprint density at radius 2 is 2.23 bits per heavy atom. The largest absolute Gasteiger partial charge is 0.360 e. The summed E-state index contributed by atoms with van der Waals surface area (Å²) in [6, 6.07) is 5.98. The van der Waals surface area contributed by atoms with Gasteiger partial charge in [-0.3, -0.25) is 0 Å². The zero-order valence-electron chi connectivity index (χ0n) is 8.13. The summed E-state index contributed by atoms with van der Waals surface area (Å²) in [5, 5.41) is 0. The normalized spacial score (nSPS) is 10.1. The number of unbranched alkanes of at least 4 members (excludes halogenated alkanes) is 1. The third-order valence-corrected chi connectivity index (χ3v) is 2.38. The Morgan fingerprint density at radius 1 is 1.46 bits per heavy atom. The average Bonchev–Trinajstić information content (AvgIpc) is 2.14. The molecule has 0 saturated carbocycles. The predicted molar refractivity (Wildman–Crippen MR) is 60.1 cm³/mol. The van der Waals surface area contributed by atoms with Crippen LogP contribution in [0.25, 0.3) is 0 Å². The van der Waals surface area contributed by atoms with Gasteiger partial charge in [-0.25, -0.2) is 4.98 Å². The standard InChI is InChI=1S/C10H15BrN2/c1-3-4-8-13(2)10-7-5-6-9(11)12-10/h5-7H,3-4,8H2,1-2H3. The second-order valence-corrected chi connectivity index (χ2v) is 3.91. The number of hydrogen-bond donors (Lipinski definition) is 0. The summed E-state index contributed by atoms with van der Waals surface area (Å²) >= 11 is 3.36. The van der Waals surface area contributed by atoms with Crippen molar-refractivity contribution in [3.63, 3.8) is 0 Å². The number of anilines is 1. The minimum Gasteiger partial charge on any atom is -0.360 e. The number of halogens is 1. The molecule has 3 heteroatoms. The summed E-state index contributed by atoms with van der Waals surface area (Å²) in [5.41, 5.74) is 0. The second kappa shape index (κ2) is 5.22. The maximum Gasteiger partial charge on any atom is 0.129 e. The lowest BCUT2D eigenvalue weighted by molar-refractivity contribution is 0.759. The van der Waals surface area contributed by atoms with Gasteiger partial charge in [-0.1, -0.05) is 19.4 Å². The van der Waals surface area contributed by atoms with Crippen molar-refractivity contribution in [1.29, 1.82) is 0 Å². The van der Waals surface area contributed by atoms with Crippen LogP contribution < -0.4 is 4.90 Å². The molecule has 1 rings (SSSR count). The Labute approximate surface area is 88.1 Å². The van der Waals surface area contributed by atoms with Crippen molar-refractivity contribution in [3.05, 3.63) is 22.8 Å². The van der Waals surface area contributed by atoms with Gasteiger partial charge in [-0.2, -0.15) is 0 Å². The van der Waals surface area contributed by atoms with E-state index < -0.39 is 0 Å². The van der Waals surface area contributed by atoms with E-state index in [1.54, 1.807) is 0 Å². The lowest BCUT2D eigenvalue weighted by atomic mass is 10.3. The van der Waals surface area contributed by atoms with E-state index in [1.165, 1.54) is 12.8 Å². The smallest absolute Gasteiger partial charge is 0.129 e. The molecule has 13 heavy (non-hydrogen) atoms. The van der Waals surface area contributed by atoms with Crippen LogP contribution in [0.4, 0.5) is 5.82 Å². The number of hydrogen-bond acceptors (Lipinski definition) is 2. The van der Waals surface area contributed by atoms with Crippen molar-refractivity contribution >= 4 is 21.7 Å². The number of aromatic nitrogens is 1. The molecule has 0 saturated heterocycles. The number of pyridine rings is 1. The zero-order valence-corrected chi connectivity index (χ0v) is 9.71. The van der Waals surface area contributed by atoms with Gasteiger partial charge in [0.1, 0.15) is 10.4 Å². The highest BCUT2D eigenvalue weighted by atomic mass is 79.9. The van der Waals surface area contributed by atoms with E-state index in [9.17, 15) is 0 Å². The van der Waals surface area contributed by atoms with E-state index >= 15 is 0 Å². The van der Waals surface area contributed by atoms with Crippen molar-refractivity contribution in [1.82, 2.24) is 4.98 Å². The molecule has 0 fully saturated rings. The van der Waals surface area contributed by atoms with Crippen LogP contribution in [0, 0.1) is 0 Å². The fraction of sp³-hybridized carbons (Fsp3) is 0.500. The minimum absolute atomic E-state index is 0.897. The molecule has 0 radical (unpaired) electrons. The Balaban J connectivity index is 2.60. The molecule has 72 valence electrons. The molecular formula is C10H15BrN2. The van der Waals surface area contributed by atoms with Crippen LogP contribution in [0.1, 0.15) is 19.8 Å². The van der Waals surface area contributed by atoms with E-state index in [2.05, 4.69) is 39.8 Å². The van der Waals surface area contributed by atoms with E-state index in [-0.39, 0.29) is 0 Å². The molecule has 1 aromatic heterocycles. The van der Waals surface area contributed by atoms with Crippen LogP contribution in [-0.2, 0) is 0 Å². The topological polar surface area (TPSA) is 16.1 Å². The number of nitrogens with zero attached hydrogens (tertiary/aromatic N) is 2. The molecule has 0 aromatic carbocycles. The van der Waals surface area contributed by atoms with Crippen molar-refractivity contribution < 1.29 is 0 Å². The molecule has 0 aliphatic rings. The first kappa shape index (κ1) is 10.5. The second-order valence-electron chi connectivity index (χ2n) is 3.09. The first-order valence-electron chi connectivity index (χ1n) is 4.57. The molecule has 1 heterocycles. The van der Waals surface area contributed by atoms with Crippen molar-refractivity contribution in [3.8, 4) is 0 Å². The molecule has 1 aromatic rings. The van der Waals surface area contributed by atoms with Crippen LogP contribution in [0.3, 0.4) is 0 Å². The molecule has 0 bridgehead atoms. The van der Waals surface area contributed by atoms with E-state index in [4.69, 9.17) is 0 Å². The number of rotatable bonds is 4. The molecule has 0 atom stereocenters. The maximum atomic E-state index is 4.37. The molecule has 0 unspecified atom stereocenters. The first-order chi connectivity index (χ1) is 6.24. The van der Waals surface area contributed by atoms with Crippen LogP contribution in [-0.4, -0.2) is 18.6 Å². The van der Waals surface area contributed by atoms with Crippen LogP contribution in [0.15, 0.2) is 22.8 Å². The molecule has 0 aliphatic carbocycles. The van der Waals surface area contributed by atoms with Gasteiger partial charge in [0.15, 0.2) is 0 Å². The Hall–Kier alpha value is -0.570. The summed E-state index contributed by atoms with van der Waals surface area (Å²) in [4.78, 5) is 6.54. The average molecular weight is 243 g/mol. The zero-order chi connectivity index (χ0) is 9.68. The monoisotopic (exact) mass is 242 g/mol. The van der Waals surface area contributed by atoms with E-state index in [0.29, 0.717) is 0 Å². The molecule has 0 aliphatic heterocycles. The summed E-state index contributed by atoms with van der Waals surface area (Å²) in [5.74, 6) is 1.03. The van der Waals surface area contributed by atoms with Crippen molar-refractivity contribution in [2.45, 2.75) is 19.8 Å². The molecule has 2 nitrogen and oxygen atoms in total. The van der Waals surface area contributed by atoms with Gasteiger partial charge >= 0.3 is 0 Å². The predicted octanol–water partition coefficient (Wildman–Crippen LogP) is 3.08. The maximum absolute atomic E-state index is 4.37. The van der Waals surface area contributed by atoms with Gasteiger partial charge in [-0.05, 0) is 34.5 Å². The van der Waals surface area contributed by atoms with Gasteiger partial charge in [0.05, 0.1) is 0 Å². The van der Waals surface area contributed by atoms with Gasteiger partial charge in [-0.15, -0.1) is 0 Å². The van der Waals surface area contributed by atoms with E-state index in [0.717, 1.165) is 17.0 Å². The highest BCUT2D eigenvalue weighted by Crippen LogP contribution is 2.13. The summed E-state index contributed by atoms with van der Waals surface area (Å²) in [6.45, 7) is 3.27. The van der Waals surface area contributed by atoms with Crippen molar-refractivity contribution in [2.24, 2.45) is 0 Å². The fourth-order valence-electron chi connectivity index (χ4n) is 1.12. The third kappa shape index (κ3) is 3.35. The van der Waals surface area contributed by atoms with Gasteiger partial charge < -0.3 is 4.90 Å². The molecule has 0 amide bonds. The quantitative estimate of drug-likeness (QED) is 0.755. The Bertz CT molecular complexity index is 263. The van der Waals surface area contributed by atoms with Crippen molar-refractivity contribution in [2.75, 3.05) is 18.5 Å². The SMILES string of the molecule is CCCCN(C)c1cccc(Br)n1. The molecule has 0 N–H and O–H groups in total. The Kier molecular flexibility index (Phi) is 4.22. The highest BCUT2D eigenvalue weighted by Gasteiger charge is 2.00. The minimum atomic E-state index is 0.897. The van der Waals surface area contributed by atoms with Gasteiger partial charge in [0, 0.05) is 13.6 Å². The van der Waals surface area contributed by atoms with Crippen LogP contribution in [0.2, 0.25) is 0 Å². The summed E-state index contributed by atoms with van der Waals surface area (Å²) in [6.07, 6.45) is 2.43. The fourth-order valence-corrected chi connectivity index (χ4v) is 1.45. The summed E-state index contributed by atoms with van der Waals surface area (Å²) in [7, 11) is 2.07. The third-order valence-electron chi connectivity index (χ3n) is 1.94. The molecular weight excluding hydrogens is 228 g/mol. The lowest BCUT2D eigenvalue weighted by Crippen LogP contribution is -2.19. The van der Waals surface area contributed by atoms with Crippen LogP contribution >= 0.6 is 15.9 Å². The van der Waals surface area contributed by atoms with E-state index in [1.807, 2.05) is 18.2 Å². The van der Waals surface area contributed by atoms with Crippen LogP contribution in [0.5, 0.6) is 0 Å². The lowest BCUT2D eigenvalue weighted by Gasteiger charge is -2.17. The summed E-state index contributed by atoms with van der Waals surface area (Å²) < 4.78 is 0.897. The Morgan fingerprint density at radius 3 is 2.85 bits per heavy atom.